The number of rotatable bonds is 5. The lowest BCUT2D eigenvalue weighted by molar-refractivity contribution is 0.155. The minimum absolute atomic E-state index is 0.0265. The lowest BCUT2D eigenvalue weighted by atomic mass is 10.2. The van der Waals surface area contributed by atoms with E-state index in [2.05, 4.69) is 16.0 Å². The number of hydrogen-bond donors (Lipinski definition) is 3. The van der Waals surface area contributed by atoms with E-state index in [0.717, 1.165) is 11.1 Å². The largest absolute Gasteiger partial charge is 0.444 e. The zero-order valence-corrected chi connectivity index (χ0v) is 16.4. The molecule has 0 unspecified atom stereocenters. The van der Waals surface area contributed by atoms with Gasteiger partial charge in [-0.1, -0.05) is 53.6 Å². The summed E-state index contributed by atoms with van der Waals surface area (Å²) in [5.74, 6) is 0. The van der Waals surface area contributed by atoms with Gasteiger partial charge in [0, 0.05) is 22.6 Å². The summed E-state index contributed by atoms with van der Waals surface area (Å²) in [6.07, 6.45) is -0.562. The molecule has 0 aliphatic rings. The summed E-state index contributed by atoms with van der Waals surface area (Å²) >= 11 is 0. The van der Waals surface area contributed by atoms with E-state index in [1.54, 1.807) is 18.2 Å². The number of benzene rings is 3. The van der Waals surface area contributed by atoms with Crippen LogP contribution in [0.2, 0.25) is 0 Å². The van der Waals surface area contributed by atoms with Crippen LogP contribution in [0.3, 0.4) is 0 Å². The monoisotopic (exact) mass is 389 g/mol. The van der Waals surface area contributed by atoms with Crippen molar-refractivity contribution in [2.45, 2.75) is 20.5 Å². The van der Waals surface area contributed by atoms with Gasteiger partial charge >= 0.3 is 12.1 Å². The fourth-order valence-corrected chi connectivity index (χ4v) is 2.62. The van der Waals surface area contributed by atoms with Crippen molar-refractivity contribution in [2.75, 3.05) is 16.0 Å². The molecule has 0 aliphatic carbocycles. The highest BCUT2D eigenvalue weighted by Crippen LogP contribution is 2.18. The van der Waals surface area contributed by atoms with Crippen molar-refractivity contribution in [2.24, 2.45) is 0 Å². The normalized spacial score (nSPS) is 10.1. The van der Waals surface area contributed by atoms with E-state index in [0.29, 0.717) is 22.6 Å². The topological polar surface area (TPSA) is 79.5 Å². The van der Waals surface area contributed by atoms with Crippen LogP contribution in [0, 0.1) is 13.8 Å². The number of urea groups is 1. The molecule has 3 N–H and O–H groups in total. The van der Waals surface area contributed by atoms with Crippen LogP contribution in [-0.4, -0.2) is 12.1 Å². The smallest absolute Gasteiger partial charge is 0.411 e. The van der Waals surface area contributed by atoms with E-state index >= 15 is 0 Å². The highest BCUT2D eigenvalue weighted by atomic mass is 16.5. The molecule has 0 fully saturated rings. The van der Waals surface area contributed by atoms with Gasteiger partial charge in [0.2, 0.25) is 0 Å². The van der Waals surface area contributed by atoms with E-state index in [4.69, 9.17) is 4.74 Å². The molecular formula is C23H23N3O3. The zero-order chi connectivity index (χ0) is 20.6. The third-order valence-electron chi connectivity index (χ3n) is 4.23. The molecule has 3 amide bonds. The fourth-order valence-electron chi connectivity index (χ4n) is 2.62. The summed E-state index contributed by atoms with van der Waals surface area (Å²) in [7, 11) is 0. The van der Waals surface area contributed by atoms with Gasteiger partial charge in [0.15, 0.2) is 0 Å². The van der Waals surface area contributed by atoms with Crippen molar-refractivity contribution in [3.05, 3.63) is 89.5 Å². The van der Waals surface area contributed by atoms with E-state index in [9.17, 15) is 9.59 Å². The van der Waals surface area contributed by atoms with E-state index in [1.165, 1.54) is 0 Å². The molecule has 3 rings (SSSR count). The Morgan fingerprint density at radius 1 is 0.724 bits per heavy atom. The van der Waals surface area contributed by atoms with Crippen LogP contribution < -0.4 is 16.0 Å². The Kier molecular flexibility index (Phi) is 6.47. The van der Waals surface area contributed by atoms with Crippen molar-refractivity contribution in [3.63, 3.8) is 0 Å². The van der Waals surface area contributed by atoms with Crippen molar-refractivity contribution < 1.29 is 14.3 Å². The molecule has 0 saturated carbocycles. The number of hydrogen-bond acceptors (Lipinski definition) is 3. The van der Waals surface area contributed by atoms with Gasteiger partial charge in [-0.05, 0) is 44.2 Å². The molecular weight excluding hydrogens is 366 g/mol. The quantitative estimate of drug-likeness (QED) is 0.524. The number of nitrogens with one attached hydrogen (secondary N) is 3. The highest BCUT2D eigenvalue weighted by Gasteiger charge is 2.09. The van der Waals surface area contributed by atoms with Gasteiger partial charge in [-0.3, -0.25) is 5.32 Å². The van der Waals surface area contributed by atoms with Crippen LogP contribution in [0.25, 0.3) is 0 Å². The fraction of sp³-hybridized carbons (Fsp3) is 0.130. The summed E-state index contributed by atoms with van der Waals surface area (Å²) in [5.41, 5.74) is 4.82. The number of ether oxygens (including phenoxy) is 1. The summed E-state index contributed by atoms with van der Waals surface area (Å²) in [6, 6.07) is 21.7. The summed E-state index contributed by atoms with van der Waals surface area (Å²) in [6.45, 7) is 3.98. The van der Waals surface area contributed by atoms with Gasteiger partial charge in [-0.25, -0.2) is 9.59 Å². The zero-order valence-electron chi connectivity index (χ0n) is 16.4. The predicted octanol–water partition coefficient (Wildman–Crippen LogP) is 5.70. The van der Waals surface area contributed by atoms with Gasteiger partial charge in [0.05, 0.1) is 0 Å². The molecule has 3 aromatic rings. The second-order valence-electron chi connectivity index (χ2n) is 6.67. The van der Waals surface area contributed by atoms with Gasteiger partial charge in [-0.15, -0.1) is 0 Å². The van der Waals surface area contributed by atoms with Crippen LogP contribution in [0.1, 0.15) is 16.7 Å². The number of aryl methyl sites for hydroxylation is 2. The number of carbonyl (C=O) groups excluding carboxylic acids is 2. The third kappa shape index (κ3) is 6.10. The van der Waals surface area contributed by atoms with Crippen molar-refractivity contribution >= 4 is 29.2 Å². The third-order valence-corrected chi connectivity index (χ3v) is 4.23. The molecule has 0 saturated heterocycles. The number of para-hydroxylation sites is 1. The Balaban J connectivity index is 1.56. The van der Waals surface area contributed by atoms with Gasteiger partial charge < -0.3 is 15.4 Å². The Bertz CT molecular complexity index is 983. The van der Waals surface area contributed by atoms with Crippen molar-refractivity contribution in [3.8, 4) is 0 Å². The Morgan fingerprint density at radius 3 is 1.90 bits per heavy atom. The first-order chi connectivity index (χ1) is 14.0. The number of anilines is 3. The average molecular weight is 389 g/mol. The minimum Gasteiger partial charge on any atom is -0.444 e. The Morgan fingerprint density at radius 2 is 1.28 bits per heavy atom. The maximum Gasteiger partial charge on any atom is 0.411 e. The average Bonchev–Trinajstić information content (AvgIpc) is 2.71. The first-order valence-electron chi connectivity index (χ1n) is 9.22. The number of amides is 3. The standard InChI is InChI=1S/C23H23N3O3/c1-16-7-11-19(12-8-16)24-22(27)26-21-6-4-3-5-18(21)15-29-23(28)25-20-13-9-17(2)10-14-20/h3-14H,15H2,1-2H3,(H,25,28)(H2,24,26,27). The summed E-state index contributed by atoms with van der Waals surface area (Å²) in [4.78, 5) is 24.3. The summed E-state index contributed by atoms with van der Waals surface area (Å²) in [5, 5.41) is 8.24. The maximum atomic E-state index is 12.3. The molecule has 29 heavy (non-hydrogen) atoms. The Hall–Kier alpha value is -3.80. The van der Waals surface area contributed by atoms with Crippen LogP contribution in [0.15, 0.2) is 72.8 Å². The highest BCUT2D eigenvalue weighted by molar-refractivity contribution is 6.00. The predicted molar refractivity (Wildman–Crippen MR) is 115 cm³/mol. The van der Waals surface area contributed by atoms with Crippen molar-refractivity contribution in [1.29, 1.82) is 0 Å². The lowest BCUT2D eigenvalue weighted by Gasteiger charge is -2.13. The first kappa shape index (κ1) is 19.9. The van der Waals surface area contributed by atoms with Crippen LogP contribution in [0.4, 0.5) is 26.7 Å². The molecule has 0 aromatic heterocycles. The van der Waals surface area contributed by atoms with E-state index < -0.39 is 6.09 Å². The first-order valence-corrected chi connectivity index (χ1v) is 9.22. The molecule has 6 nitrogen and oxygen atoms in total. The van der Waals surface area contributed by atoms with Gasteiger partial charge in [-0.2, -0.15) is 0 Å². The molecule has 0 atom stereocenters. The lowest BCUT2D eigenvalue weighted by Crippen LogP contribution is -2.20. The van der Waals surface area contributed by atoms with Crippen LogP contribution in [-0.2, 0) is 11.3 Å². The van der Waals surface area contributed by atoms with Gasteiger partial charge in [0.1, 0.15) is 6.61 Å². The summed E-state index contributed by atoms with van der Waals surface area (Å²) < 4.78 is 5.29. The maximum absolute atomic E-state index is 12.3. The second kappa shape index (κ2) is 9.41. The second-order valence-corrected chi connectivity index (χ2v) is 6.67. The SMILES string of the molecule is Cc1ccc(NC(=O)Nc2ccccc2COC(=O)Nc2ccc(C)cc2)cc1. The Labute approximate surface area is 169 Å². The van der Waals surface area contributed by atoms with Crippen molar-refractivity contribution in [1.82, 2.24) is 0 Å². The molecule has 6 heteroatoms. The number of carbonyl (C=O) groups is 2. The van der Waals surface area contributed by atoms with Gasteiger partial charge in [0.25, 0.3) is 0 Å². The molecule has 0 bridgehead atoms. The van der Waals surface area contributed by atoms with Crippen LogP contribution in [0.5, 0.6) is 0 Å². The molecule has 0 heterocycles. The van der Waals surface area contributed by atoms with E-state index in [1.807, 2.05) is 68.4 Å². The van der Waals surface area contributed by atoms with E-state index in [-0.39, 0.29) is 12.6 Å². The molecule has 0 aliphatic heterocycles. The molecule has 3 aromatic carbocycles. The molecule has 148 valence electrons. The molecule has 0 radical (unpaired) electrons. The molecule has 0 spiro atoms. The van der Waals surface area contributed by atoms with Crippen LogP contribution >= 0.6 is 0 Å². The minimum atomic E-state index is -0.562.